The van der Waals surface area contributed by atoms with Crippen molar-refractivity contribution in [3.05, 3.63) is 16.0 Å². The minimum absolute atomic E-state index is 0. The van der Waals surface area contributed by atoms with Crippen LogP contribution >= 0.6 is 11.3 Å². The molecule has 0 saturated heterocycles. The monoisotopic (exact) mass is 518 g/mol. The number of nitriles is 1. The Morgan fingerprint density at radius 1 is 0.960 bits per heavy atom. The second-order valence-corrected chi connectivity index (χ2v) is 5.22. The van der Waals surface area contributed by atoms with Crippen molar-refractivity contribution in [3.63, 3.8) is 0 Å². The van der Waals surface area contributed by atoms with Crippen molar-refractivity contribution in [2.75, 3.05) is 18.0 Å². The van der Waals surface area contributed by atoms with E-state index in [1.807, 2.05) is 0 Å². The summed E-state index contributed by atoms with van der Waals surface area (Å²) in [6, 6.07) is 1.63. The Morgan fingerprint density at radius 2 is 1.44 bits per heavy atom. The average molecular weight is 518 g/mol. The van der Waals surface area contributed by atoms with Crippen LogP contribution in [0.2, 0.25) is 0 Å². The largest absolute Gasteiger partial charge is 0.481 e. The van der Waals surface area contributed by atoms with Crippen LogP contribution in [0.4, 0.5) is 5.00 Å². The second-order valence-electron chi connectivity index (χ2n) is 4.22. The third-order valence-corrected chi connectivity index (χ3v) is 3.84. The van der Waals surface area contributed by atoms with E-state index < -0.39 is 48.3 Å². The van der Waals surface area contributed by atoms with E-state index in [2.05, 4.69) is 0 Å². The fourth-order valence-corrected chi connectivity index (χ4v) is 2.92. The van der Waals surface area contributed by atoms with Crippen molar-refractivity contribution in [1.29, 1.82) is 5.26 Å². The van der Waals surface area contributed by atoms with E-state index in [0.29, 0.717) is 11.3 Å². The maximum atomic E-state index is 11.2. The van der Waals surface area contributed by atoms with E-state index >= 15 is 0 Å². The molecule has 0 saturated carbocycles. The molecule has 0 amide bonds. The van der Waals surface area contributed by atoms with Crippen molar-refractivity contribution in [2.45, 2.75) is 6.42 Å². The molecule has 1 aromatic heterocycles. The third kappa shape index (κ3) is 7.94. The van der Waals surface area contributed by atoms with Crippen molar-refractivity contribution in [2.24, 2.45) is 0 Å². The molecule has 0 atom stereocenters. The molecular weight excluding hydrogens is 507 g/mol. The fourth-order valence-electron chi connectivity index (χ4n) is 1.81. The number of aromatic carboxylic acids is 1. The molecule has 0 unspecified atom stereocenters. The summed E-state index contributed by atoms with van der Waals surface area (Å²) in [5.74, 6) is -5.64. The number of carboxylic acids is 4. The van der Waals surface area contributed by atoms with Crippen LogP contribution in [0.15, 0.2) is 0 Å². The van der Waals surface area contributed by atoms with E-state index in [9.17, 15) is 24.4 Å². The molecule has 0 fully saturated rings. The maximum Gasteiger partial charge on any atom is 0.346 e. The van der Waals surface area contributed by atoms with E-state index in [-0.39, 0.29) is 107 Å². The Hall–Kier alpha value is -0.169. The third-order valence-electron chi connectivity index (χ3n) is 2.56. The number of hydrogen-bond acceptors (Lipinski definition) is 7. The molecular formula is C12H10N2O8SSr2. The Kier molecular flexibility index (Phi) is 13.3. The van der Waals surface area contributed by atoms with Crippen LogP contribution in [-0.4, -0.2) is 148 Å². The Labute approximate surface area is 219 Å². The van der Waals surface area contributed by atoms with Gasteiger partial charge < -0.3 is 25.3 Å². The minimum atomic E-state index is -1.49. The predicted molar refractivity (Wildman–Crippen MR) is 86.3 cm³/mol. The van der Waals surface area contributed by atoms with Crippen molar-refractivity contribution < 1.29 is 39.6 Å². The number of aliphatic carboxylic acids is 3. The molecule has 1 rings (SSSR count). The molecule has 4 N–H and O–H groups in total. The first-order valence-corrected chi connectivity index (χ1v) is 6.68. The van der Waals surface area contributed by atoms with E-state index in [0.717, 1.165) is 4.90 Å². The predicted octanol–water partition coefficient (Wildman–Crippen LogP) is -0.841. The summed E-state index contributed by atoms with van der Waals surface area (Å²) in [5.41, 5.74) is -0.634. The Morgan fingerprint density at radius 3 is 1.76 bits per heavy atom. The van der Waals surface area contributed by atoms with E-state index in [4.69, 9.17) is 20.4 Å². The molecule has 0 aliphatic rings. The van der Waals surface area contributed by atoms with Crippen LogP contribution in [0.25, 0.3) is 0 Å². The number of carboxylic acid groups (broad SMARTS) is 4. The van der Waals surface area contributed by atoms with E-state index in [1.165, 1.54) is 0 Å². The summed E-state index contributed by atoms with van der Waals surface area (Å²) in [4.78, 5) is 44.1. The molecule has 1 aromatic rings. The van der Waals surface area contributed by atoms with Crippen LogP contribution in [-0.2, 0) is 20.8 Å². The number of rotatable bonds is 8. The van der Waals surface area contributed by atoms with Crippen molar-refractivity contribution in [1.82, 2.24) is 0 Å². The Balaban J connectivity index is 0. The van der Waals surface area contributed by atoms with Gasteiger partial charge >= 0.3 is 23.9 Å². The van der Waals surface area contributed by atoms with Gasteiger partial charge in [-0.3, -0.25) is 14.4 Å². The van der Waals surface area contributed by atoms with Gasteiger partial charge in [0.2, 0.25) is 0 Å². The molecule has 10 nitrogen and oxygen atoms in total. The van der Waals surface area contributed by atoms with Gasteiger partial charge in [0.05, 0.1) is 12.0 Å². The van der Waals surface area contributed by atoms with Gasteiger partial charge in [0.15, 0.2) is 0 Å². The summed E-state index contributed by atoms with van der Waals surface area (Å²) in [5, 5.41) is 44.6. The summed E-state index contributed by atoms with van der Waals surface area (Å²) in [6.07, 6.45) is -0.755. The van der Waals surface area contributed by atoms with Crippen molar-refractivity contribution in [3.8, 4) is 6.07 Å². The average Bonchev–Trinajstić information content (AvgIpc) is 2.74. The molecule has 0 spiro atoms. The van der Waals surface area contributed by atoms with Gasteiger partial charge in [-0.05, 0) is 0 Å². The first kappa shape index (κ1) is 27.1. The van der Waals surface area contributed by atoms with Gasteiger partial charge in [0.1, 0.15) is 29.0 Å². The quantitative estimate of drug-likeness (QED) is 0.318. The zero-order chi connectivity index (χ0) is 17.7. The van der Waals surface area contributed by atoms with Gasteiger partial charge in [0.25, 0.3) is 0 Å². The van der Waals surface area contributed by atoms with Crippen LogP contribution in [0, 0.1) is 11.3 Å². The smallest absolute Gasteiger partial charge is 0.346 e. The van der Waals surface area contributed by atoms with Crippen LogP contribution < -0.4 is 4.90 Å². The van der Waals surface area contributed by atoms with Crippen LogP contribution in [0.1, 0.15) is 20.8 Å². The second kappa shape index (κ2) is 12.3. The number of hydrogen-bond donors (Lipinski definition) is 4. The van der Waals surface area contributed by atoms with E-state index in [1.54, 1.807) is 6.07 Å². The van der Waals surface area contributed by atoms with Gasteiger partial charge in [-0.1, -0.05) is 0 Å². The summed E-state index contributed by atoms with van der Waals surface area (Å²) in [6.45, 7) is -1.57. The molecule has 126 valence electrons. The molecule has 0 aliphatic carbocycles. The first-order chi connectivity index (χ1) is 10.7. The zero-order valence-corrected chi connectivity index (χ0v) is 20.5. The SMILES string of the molecule is N#Cc1c(N(CC(=O)O)CC(=O)O)sc(C(=O)O)c1CC(=O)O.[Sr].[Sr]. The number of nitrogens with zero attached hydrogens (tertiary/aromatic N) is 2. The summed E-state index contributed by atoms with van der Waals surface area (Å²) in [7, 11) is 0. The van der Waals surface area contributed by atoms with Crippen LogP contribution in [0.5, 0.6) is 0 Å². The maximum absolute atomic E-state index is 11.2. The molecule has 25 heavy (non-hydrogen) atoms. The normalized spacial score (nSPS) is 9.08. The first-order valence-electron chi connectivity index (χ1n) is 5.86. The topological polar surface area (TPSA) is 176 Å². The molecule has 0 aliphatic heterocycles. The number of carbonyl (C=O) groups is 4. The number of anilines is 1. The summed E-state index contributed by atoms with van der Waals surface area (Å²) < 4.78 is 0. The summed E-state index contributed by atoms with van der Waals surface area (Å²) >= 11 is 0.467. The molecule has 4 radical (unpaired) electrons. The molecule has 0 bridgehead atoms. The Bertz CT molecular complexity index is 711. The van der Waals surface area contributed by atoms with Gasteiger partial charge in [-0.15, -0.1) is 11.3 Å². The zero-order valence-electron chi connectivity index (χ0n) is 12.8. The molecule has 13 heteroatoms. The van der Waals surface area contributed by atoms with Gasteiger partial charge in [-0.2, -0.15) is 5.26 Å². The standard InChI is InChI=1S/C12H10N2O8S.2Sr/c13-2-6-5(1-7(15)16)10(12(21)22)23-11(6)14(3-8(17)18)4-9(19)20;;/h1,3-4H2,(H,15,16)(H,17,18)(H,19,20)(H,21,22);;. The van der Waals surface area contributed by atoms with Gasteiger partial charge in [-0.25, -0.2) is 4.79 Å². The number of thiophene rings is 1. The van der Waals surface area contributed by atoms with Gasteiger partial charge in [0, 0.05) is 96.5 Å². The van der Waals surface area contributed by atoms with Crippen molar-refractivity contribution >= 4 is 131 Å². The minimum Gasteiger partial charge on any atom is -0.481 e. The molecule has 1 heterocycles. The molecule has 0 aromatic carbocycles. The van der Waals surface area contributed by atoms with Crippen LogP contribution in [0.3, 0.4) is 0 Å². The fraction of sp³-hybridized carbons (Fsp3) is 0.250.